The van der Waals surface area contributed by atoms with Crippen LogP contribution in [0.4, 0.5) is 10.5 Å². The first-order chi connectivity index (χ1) is 20.5. The fraction of sp³-hybridized carbons (Fsp3) is 0.529. The molecule has 3 unspecified atom stereocenters. The zero-order valence-corrected chi connectivity index (χ0v) is 27.7. The van der Waals surface area contributed by atoms with E-state index in [1.807, 2.05) is 39.0 Å². The van der Waals surface area contributed by atoms with Gasteiger partial charge < -0.3 is 30.7 Å². The van der Waals surface area contributed by atoms with Crippen LogP contribution in [0, 0.1) is 19.8 Å². The number of nitrogens with zero attached hydrogens (tertiary/aromatic N) is 1. The highest BCUT2D eigenvalue weighted by atomic mass is 16.6. The number of rotatable bonds is 14. The van der Waals surface area contributed by atoms with Gasteiger partial charge in [-0.25, -0.2) is 4.79 Å². The number of hydrogen-bond donors (Lipinski definition) is 3. The van der Waals surface area contributed by atoms with Crippen LogP contribution in [0.2, 0.25) is 0 Å². The molecule has 4 N–H and O–H groups in total. The first-order valence-corrected chi connectivity index (χ1v) is 15.1. The molecule has 0 saturated carbocycles. The lowest BCUT2D eigenvalue weighted by Gasteiger charge is -2.39. The summed E-state index contributed by atoms with van der Waals surface area (Å²) in [5.74, 6) is -0.545. The molecule has 0 heterocycles. The number of alkyl carbamates (subject to hydrolysis) is 1. The standard InChI is InChI=1S/C34H50N4O6/c1-21(2)13-14-24(5)38(32(41)27(19-20-28(35)39)37-33(42)44-34(6,7)8)30(29-22(3)11-10-12-23(29)4)31(40)36-25-15-17-26(43-9)18-16-25/h10-12,15-18,21,24,27,30H,13-14,19-20H2,1-9H3,(H2,35,39)(H,36,40)(H,37,42). The number of primary amides is 1. The number of ether oxygens (including phenoxy) is 2. The van der Waals surface area contributed by atoms with Crippen molar-refractivity contribution < 1.29 is 28.7 Å². The molecule has 2 aromatic rings. The molecule has 2 aromatic carbocycles. The molecule has 0 radical (unpaired) electrons. The molecule has 2 rings (SSSR count). The Balaban J connectivity index is 2.70. The number of benzene rings is 2. The Bertz CT molecular complexity index is 1270. The fourth-order valence-electron chi connectivity index (χ4n) is 5.03. The van der Waals surface area contributed by atoms with Crippen LogP contribution >= 0.6 is 0 Å². The van der Waals surface area contributed by atoms with E-state index in [1.54, 1.807) is 57.0 Å². The molecule has 0 aliphatic rings. The molecular weight excluding hydrogens is 560 g/mol. The number of hydrogen-bond acceptors (Lipinski definition) is 6. The number of aryl methyl sites for hydroxylation is 2. The molecular formula is C34H50N4O6. The van der Waals surface area contributed by atoms with E-state index in [9.17, 15) is 19.2 Å². The van der Waals surface area contributed by atoms with Crippen molar-refractivity contribution in [2.24, 2.45) is 11.7 Å². The van der Waals surface area contributed by atoms with E-state index >= 15 is 0 Å². The molecule has 0 aliphatic heterocycles. The van der Waals surface area contributed by atoms with Crippen LogP contribution in [-0.4, -0.2) is 53.5 Å². The zero-order valence-electron chi connectivity index (χ0n) is 27.7. The average molecular weight is 611 g/mol. The van der Waals surface area contributed by atoms with E-state index in [0.29, 0.717) is 29.3 Å². The van der Waals surface area contributed by atoms with Gasteiger partial charge in [0.2, 0.25) is 11.8 Å². The smallest absolute Gasteiger partial charge is 0.408 e. The van der Waals surface area contributed by atoms with Gasteiger partial charge in [-0.2, -0.15) is 0 Å². The second-order valence-electron chi connectivity index (χ2n) is 12.7. The summed E-state index contributed by atoms with van der Waals surface area (Å²) in [6.45, 7) is 15.0. The number of methoxy groups -OCH3 is 1. The van der Waals surface area contributed by atoms with Gasteiger partial charge in [-0.15, -0.1) is 0 Å². The predicted octanol–water partition coefficient (Wildman–Crippen LogP) is 5.80. The Morgan fingerprint density at radius 1 is 0.909 bits per heavy atom. The van der Waals surface area contributed by atoms with E-state index in [-0.39, 0.29) is 12.8 Å². The Kier molecular flexibility index (Phi) is 13.2. The molecule has 0 spiro atoms. The highest BCUT2D eigenvalue weighted by Gasteiger charge is 2.40. The minimum atomic E-state index is -1.17. The molecule has 0 saturated heterocycles. The number of nitrogens with one attached hydrogen (secondary N) is 2. The molecule has 10 heteroatoms. The van der Waals surface area contributed by atoms with E-state index in [0.717, 1.165) is 17.5 Å². The summed E-state index contributed by atoms with van der Waals surface area (Å²) in [5, 5.41) is 5.65. The van der Waals surface area contributed by atoms with Crippen molar-refractivity contribution in [2.75, 3.05) is 12.4 Å². The molecule has 44 heavy (non-hydrogen) atoms. The van der Waals surface area contributed by atoms with Gasteiger partial charge in [0.1, 0.15) is 23.4 Å². The first kappa shape index (κ1) is 36.1. The van der Waals surface area contributed by atoms with Gasteiger partial charge in [-0.1, -0.05) is 32.0 Å². The van der Waals surface area contributed by atoms with Crippen molar-refractivity contribution in [3.05, 3.63) is 59.2 Å². The van der Waals surface area contributed by atoms with Crippen molar-refractivity contribution in [1.82, 2.24) is 10.2 Å². The van der Waals surface area contributed by atoms with Crippen LogP contribution < -0.4 is 21.1 Å². The van der Waals surface area contributed by atoms with Crippen molar-refractivity contribution in [3.63, 3.8) is 0 Å². The zero-order chi connectivity index (χ0) is 33.2. The van der Waals surface area contributed by atoms with Gasteiger partial charge in [0.25, 0.3) is 5.91 Å². The van der Waals surface area contributed by atoms with Crippen molar-refractivity contribution in [3.8, 4) is 5.75 Å². The molecule has 242 valence electrons. The number of carbonyl (C=O) groups is 4. The maximum absolute atomic E-state index is 14.6. The lowest BCUT2D eigenvalue weighted by Crippen LogP contribution is -2.55. The topological polar surface area (TPSA) is 140 Å². The van der Waals surface area contributed by atoms with Crippen molar-refractivity contribution in [1.29, 1.82) is 0 Å². The lowest BCUT2D eigenvalue weighted by molar-refractivity contribution is -0.143. The number of nitrogens with two attached hydrogens (primary N) is 1. The fourth-order valence-corrected chi connectivity index (χ4v) is 5.03. The summed E-state index contributed by atoms with van der Waals surface area (Å²) in [7, 11) is 1.56. The monoisotopic (exact) mass is 610 g/mol. The summed E-state index contributed by atoms with van der Waals surface area (Å²) < 4.78 is 10.7. The van der Waals surface area contributed by atoms with Crippen LogP contribution in [0.5, 0.6) is 5.75 Å². The number of carbonyl (C=O) groups excluding carboxylic acids is 4. The Morgan fingerprint density at radius 2 is 1.50 bits per heavy atom. The highest BCUT2D eigenvalue weighted by Crippen LogP contribution is 2.33. The first-order valence-electron chi connectivity index (χ1n) is 15.1. The Hall–Kier alpha value is -4.08. The van der Waals surface area contributed by atoms with Crippen LogP contribution in [0.3, 0.4) is 0 Å². The summed E-state index contributed by atoms with van der Waals surface area (Å²) in [5.41, 5.74) is 7.53. The van der Waals surface area contributed by atoms with Gasteiger partial charge in [0.15, 0.2) is 0 Å². The third-order valence-corrected chi connectivity index (χ3v) is 7.26. The van der Waals surface area contributed by atoms with Crippen molar-refractivity contribution >= 4 is 29.5 Å². The van der Waals surface area contributed by atoms with Gasteiger partial charge in [0, 0.05) is 18.2 Å². The molecule has 10 nitrogen and oxygen atoms in total. The third-order valence-electron chi connectivity index (χ3n) is 7.26. The maximum Gasteiger partial charge on any atom is 0.408 e. The van der Waals surface area contributed by atoms with Crippen LogP contribution in [0.25, 0.3) is 0 Å². The summed E-state index contributed by atoms with van der Waals surface area (Å²) >= 11 is 0. The highest BCUT2D eigenvalue weighted by molar-refractivity contribution is 5.99. The van der Waals surface area contributed by atoms with Crippen LogP contribution in [-0.2, 0) is 19.1 Å². The minimum absolute atomic E-state index is 0.0552. The SMILES string of the molecule is COc1ccc(NC(=O)C(c2c(C)cccc2C)N(C(=O)C(CCC(N)=O)NC(=O)OC(C)(C)C)C(C)CCC(C)C)cc1. The Morgan fingerprint density at radius 3 is 2.00 bits per heavy atom. The van der Waals surface area contributed by atoms with Crippen molar-refractivity contribution in [2.45, 2.75) is 105 Å². The van der Waals surface area contributed by atoms with Gasteiger partial charge in [0.05, 0.1) is 7.11 Å². The second kappa shape index (κ2) is 16.1. The average Bonchev–Trinajstić information content (AvgIpc) is 2.92. The maximum atomic E-state index is 14.6. The largest absolute Gasteiger partial charge is 0.497 e. The van der Waals surface area contributed by atoms with Crippen LogP contribution in [0.1, 0.15) is 90.0 Å². The Labute approximate surface area is 262 Å². The van der Waals surface area contributed by atoms with Gasteiger partial charge >= 0.3 is 6.09 Å². The minimum Gasteiger partial charge on any atom is -0.497 e. The molecule has 0 fully saturated rings. The van der Waals surface area contributed by atoms with E-state index < -0.39 is 47.5 Å². The molecule has 0 aromatic heterocycles. The summed E-state index contributed by atoms with van der Waals surface area (Å²) in [6.07, 6.45) is 0.403. The summed E-state index contributed by atoms with van der Waals surface area (Å²) in [4.78, 5) is 55.2. The van der Waals surface area contributed by atoms with Crippen LogP contribution in [0.15, 0.2) is 42.5 Å². The van der Waals surface area contributed by atoms with Gasteiger partial charge in [-0.05, 0) is 108 Å². The normalized spacial score (nSPS) is 13.4. The molecule has 3 atom stereocenters. The molecule has 0 aliphatic carbocycles. The van der Waals surface area contributed by atoms with Gasteiger partial charge in [-0.3, -0.25) is 14.4 Å². The van der Waals surface area contributed by atoms with E-state index in [4.69, 9.17) is 15.2 Å². The second-order valence-corrected chi connectivity index (χ2v) is 12.7. The molecule has 0 bridgehead atoms. The quantitative estimate of drug-likeness (QED) is 0.247. The van der Waals surface area contributed by atoms with E-state index in [1.165, 1.54) is 0 Å². The lowest BCUT2D eigenvalue weighted by atomic mass is 9.91. The number of amides is 4. The third kappa shape index (κ3) is 10.9. The number of anilines is 1. The molecule has 4 amide bonds. The summed E-state index contributed by atoms with van der Waals surface area (Å²) in [6, 6.07) is 10.0. The van der Waals surface area contributed by atoms with E-state index in [2.05, 4.69) is 24.5 Å². The predicted molar refractivity (Wildman–Crippen MR) is 172 cm³/mol.